The number of anilines is 1. The molecule has 1 amide bonds. The van der Waals surface area contributed by atoms with Crippen LogP contribution < -0.4 is 14.4 Å². The number of hydrogen-bond acceptors (Lipinski definition) is 4. The molecular formula is C32H37FN2O3. The number of likely N-dealkylation sites (tertiary alicyclic amines) is 1. The van der Waals surface area contributed by atoms with Crippen LogP contribution in [-0.2, 0) is 11.3 Å². The molecule has 1 spiro atoms. The molecule has 0 radical (unpaired) electrons. The topological polar surface area (TPSA) is 42.0 Å². The van der Waals surface area contributed by atoms with Gasteiger partial charge in [0.1, 0.15) is 17.3 Å². The molecule has 200 valence electrons. The molecule has 0 unspecified atom stereocenters. The van der Waals surface area contributed by atoms with E-state index < -0.39 is 0 Å². The fraction of sp³-hybridized carbons (Fsp3) is 0.406. The van der Waals surface area contributed by atoms with Crippen LogP contribution in [0.3, 0.4) is 0 Å². The minimum atomic E-state index is -0.268. The van der Waals surface area contributed by atoms with Crippen molar-refractivity contribution in [1.82, 2.24) is 4.90 Å². The highest BCUT2D eigenvalue weighted by molar-refractivity contribution is 5.96. The number of carbonyl (C=O) groups is 1. The molecule has 0 N–H and O–H groups in total. The van der Waals surface area contributed by atoms with Gasteiger partial charge < -0.3 is 14.4 Å². The number of rotatable bonds is 8. The van der Waals surface area contributed by atoms with Crippen molar-refractivity contribution in [3.63, 3.8) is 0 Å². The molecule has 3 aromatic rings. The molecule has 0 bridgehead atoms. The standard InChI is InChI=1S/C32H37FN2O3/c1-4-37-28-18-24(19-29(38-5-2)31(28)25-8-10-26(33)11-9-25)21-34-16-14-32(15-17-34)20-30(36)35(22-32)27-12-6-23(3)7-13-27/h6-13,18-19H,4-5,14-17,20-22H2,1-3H3. The van der Waals surface area contributed by atoms with Crippen molar-refractivity contribution in [2.45, 2.75) is 46.6 Å². The number of halogens is 1. The molecule has 5 rings (SSSR count). The van der Waals surface area contributed by atoms with E-state index in [1.165, 1.54) is 17.7 Å². The highest BCUT2D eigenvalue weighted by Gasteiger charge is 2.45. The Morgan fingerprint density at radius 3 is 2.08 bits per heavy atom. The third-order valence-electron chi connectivity index (χ3n) is 7.85. The third-order valence-corrected chi connectivity index (χ3v) is 7.85. The second kappa shape index (κ2) is 11.2. The molecule has 2 aliphatic rings. The Hall–Kier alpha value is -3.38. The zero-order valence-corrected chi connectivity index (χ0v) is 22.6. The Morgan fingerprint density at radius 2 is 1.50 bits per heavy atom. The van der Waals surface area contributed by atoms with Crippen molar-refractivity contribution in [2.24, 2.45) is 5.41 Å². The van der Waals surface area contributed by atoms with Crippen LogP contribution in [0, 0.1) is 18.2 Å². The summed E-state index contributed by atoms with van der Waals surface area (Å²) in [4.78, 5) is 17.4. The van der Waals surface area contributed by atoms with Gasteiger partial charge in [0.15, 0.2) is 0 Å². The van der Waals surface area contributed by atoms with E-state index >= 15 is 0 Å². The number of benzene rings is 3. The van der Waals surface area contributed by atoms with Crippen LogP contribution in [0.1, 0.15) is 44.2 Å². The van der Waals surface area contributed by atoms with Gasteiger partial charge in [-0.15, -0.1) is 0 Å². The van der Waals surface area contributed by atoms with Crippen LogP contribution in [-0.4, -0.2) is 43.7 Å². The Morgan fingerprint density at radius 1 is 0.895 bits per heavy atom. The molecule has 3 aromatic carbocycles. The maximum absolute atomic E-state index is 13.6. The lowest BCUT2D eigenvalue weighted by atomic mass is 9.77. The predicted molar refractivity (Wildman–Crippen MR) is 149 cm³/mol. The second-order valence-corrected chi connectivity index (χ2v) is 10.6. The number of amides is 1. The lowest BCUT2D eigenvalue weighted by Crippen LogP contribution is -2.41. The van der Waals surface area contributed by atoms with E-state index in [-0.39, 0.29) is 17.1 Å². The Balaban J connectivity index is 1.31. The summed E-state index contributed by atoms with van der Waals surface area (Å²) in [5, 5.41) is 0. The average molecular weight is 517 g/mol. The minimum absolute atomic E-state index is 0.0534. The maximum Gasteiger partial charge on any atom is 0.227 e. The Kier molecular flexibility index (Phi) is 7.70. The summed E-state index contributed by atoms with van der Waals surface area (Å²) < 4.78 is 25.7. The SMILES string of the molecule is CCOc1cc(CN2CCC3(CC2)CC(=O)N(c2ccc(C)cc2)C3)cc(OCC)c1-c1ccc(F)cc1. The summed E-state index contributed by atoms with van der Waals surface area (Å²) in [6.45, 7) is 10.5. The zero-order valence-electron chi connectivity index (χ0n) is 22.6. The van der Waals surface area contributed by atoms with Crippen LogP contribution in [0.15, 0.2) is 60.7 Å². The van der Waals surface area contributed by atoms with Gasteiger partial charge in [-0.3, -0.25) is 9.69 Å². The van der Waals surface area contributed by atoms with Crippen LogP contribution in [0.4, 0.5) is 10.1 Å². The quantitative estimate of drug-likeness (QED) is 0.338. The fourth-order valence-corrected chi connectivity index (χ4v) is 5.81. The van der Waals surface area contributed by atoms with Crippen LogP contribution in [0.5, 0.6) is 11.5 Å². The van der Waals surface area contributed by atoms with Crippen LogP contribution >= 0.6 is 0 Å². The van der Waals surface area contributed by atoms with Crippen molar-refractivity contribution in [3.05, 3.63) is 77.6 Å². The summed E-state index contributed by atoms with van der Waals surface area (Å²) in [5.41, 5.74) is 5.12. The summed E-state index contributed by atoms with van der Waals surface area (Å²) in [7, 11) is 0. The van der Waals surface area contributed by atoms with E-state index in [9.17, 15) is 9.18 Å². The van der Waals surface area contributed by atoms with Gasteiger partial charge in [0.05, 0.1) is 18.8 Å². The Labute approximate surface area is 225 Å². The lowest BCUT2D eigenvalue weighted by molar-refractivity contribution is -0.118. The van der Waals surface area contributed by atoms with Gasteiger partial charge in [-0.1, -0.05) is 29.8 Å². The molecule has 2 saturated heterocycles. The third kappa shape index (κ3) is 5.56. The average Bonchev–Trinajstić information content (AvgIpc) is 3.22. The largest absolute Gasteiger partial charge is 0.493 e. The van der Waals surface area contributed by atoms with Gasteiger partial charge in [-0.25, -0.2) is 4.39 Å². The molecular weight excluding hydrogens is 479 g/mol. The van der Waals surface area contributed by atoms with E-state index in [4.69, 9.17) is 9.47 Å². The molecule has 2 heterocycles. The van der Waals surface area contributed by atoms with Crippen molar-refractivity contribution in [1.29, 1.82) is 0 Å². The van der Waals surface area contributed by atoms with E-state index in [2.05, 4.69) is 48.2 Å². The van der Waals surface area contributed by atoms with Crippen molar-refractivity contribution in [3.8, 4) is 22.6 Å². The Bertz CT molecular complexity index is 1240. The highest BCUT2D eigenvalue weighted by Crippen LogP contribution is 2.44. The minimum Gasteiger partial charge on any atom is -0.493 e. The first-order valence-electron chi connectivity index (χ1n) is 13.7. The summed E-state index contributed by atoms with van der Waals surface area (Å²) in [6, 6.07) is 18.9. The first-order valence-corrected chi connectivity index (χ1v) is 13.7. The number of carbonyl (C=O) groups excluding carboxylic acids is 1. The molecule has 6 heteroatoms. The van der Waals surface area contributed by atoms with E-state index in [1.807, 2.05) is 18.7 Å². The molecule has 0 atom stereocenters. The first kappa shape index (κ1) is 26.2. The zero-order chi connectivity index (χ0) is 26.7. The number of nitrogens with zero attached hydrogens (tertiary/aromatic N) is 2. The van der Waals surface area contributed by atoms with Crippen molar-refractivity contribution in [2.75, 3.05) is 37.7 Å². The van der Waals surface area contributed by atoms with Crippen LogP contribution in [0.2, 0.25) is 0 Å². The monoisotopic (exact) mass is 516 g/mol. The van der Waals surface area contributed by atoms with E-state index in [0.717, 1.165) is 72.9 Å². The molecule has 0 aliphatic carbocycles. The normalized spacial score (nSPS) is 17.3. The van der Waals surface area contributed by atoms with Gasteiger partial charge in [0.25, 0.3) is 0 Å². The smallest absolute Gasteiger partial charge is 0.227 e. The van der Waals surface area contributed by atoms with Gasteiger partial charge in [-0.05, 0) is 99.6 Å². The molecule has 0 saturated carbocycles. The van der Waals surface area contributed by atoms with Crippen LogP contribution in [0.25, 0.3) is 11.1 Å². The summed E-state index contributed by atoms with van der Waals surface area (Å²) in [6.07, 6.45) is 2.64. The molecule has 2 aliphatic heterocycles. The molecule has 0 aromatic heterocycles. The second-order valence-electron chi connectivity index (χ2n) is 10.6. The van der Waals surface area contributed by atoms with E-state index in [0.29, 0.717) is 19.6 Å². The lowest BCUT2D eigenvalue weighted by Gasteiger charge is -2.39. The highest BCUT2D eigenvalue weighted by atomic mass is 19.1. The summed E-state index contributed by atoms with van der Waals surface area (Å²) in [5.74, 6) is 1.48. The van der Waals surface area contributed by atoms with Gasteiger partial charge >= 0.3 is 0 Å². The number of ether oxygens (including phenoxy) is 2. The van der Waals surface area contributed by atoms with Gasteiger partial charge in [-0.2, -0.15) is 0 Å². The number of piperidine rings is 1. The predicted octanol–water partition coefficient (Wildman–Crippen LogP) is 6.62. The molecule has 2 fully saturated rings. The van der Waals surface area contributed by atoms with Crippen molar-refractivity contribution < 1.29 is 18.7 Å². The van der Waals surface area contributed by atoms with Gasteiger partial charge in [0, 0.05) is 25.2 Å². The van der Waals surface area contributed by atoms with Crippen molar-refractivity contribution >= 4 is 11.6 Å². The first-order chi connectivity index (χ1) is 18.4. The summed E-state index contributed by atoms with van der Waals surface area (Å²) >= 11 is 0. The fourth-order valence-electron chi connectivity index (χ4n) is 5.81. The maximum atomic E-state index is 13.6. The van der Waals surface area contributed by atoms with Gasteiger partial charge in [0.2, 0.25) is 5.91 Å². The van der Waals surface area contributed by atoms with E-state index in [1.54, 1.807) is 12.1 Å². The molecule has 5 nitrogen and oxygen atoms in total. The molecule has 38 heavy (non-hydrogen) atoms. The number of aryl methyl sites for hydroxylation is 1. The number of hydrogen-bond donors (Lipinski definition) is 0.